The van der Waals surface area contributed by atoms with E-state index in [2.05, 4.69) is 5.32 Å². The normalized spacial score (nSPS) is 19.0. The van der Waals surface area contributed by atoms with Crippen LogP contribution in [0.1, 0.15) is 19.8 Å². The van der Waals surface area contributed by atoms with Gasteiger partial charge in [-0.05, 0) is 19.8 Å². The summed E-state index contributed by atoms with van der Waals surface area (Å²) in [6.45, 7) is 4.71. The first-order valence-corrected chi connectivity index (χ1v) is 8.26. The van der Waals surface area contributed by atoms with Crippen LogP contribution in [0.25, 0.3) is 0 Å². The number of amides is 4. The molecule has 24 heavy (non-hydrogen) atoms. The molecular formula is C15H24N4O5. The van der Waals surface area contributed by atoms with Crippen LogP contribution in [0, 0.1) is 0 Å². The van der Waals surface area contributed by atoms with Gasteiger partial charge in [-0.3, -0.25) is 14.4 Å². The van der Waals surface area contributed by atoms with Crippen LogP contribution in [0.5, 0.6) is 0 Å². The van der Waals surface area contributed by atoms with Crippen molar-refractivity contribution in [2.45, 2.75) is 25.8 Å². The number of piperazine rings is 1. The van der Waals surface area contributed by atoms with Crippen molar-refractivity contribution in [1.82, 2.24) is 20.0 Å². The summed E-state index contributed by atoms with van der Waals surface area (Å²) in [6.07, 6.45) is 1.60. The lowest BCUT2D eigenvalue weighted by atomic mass is 10.1. The summed E-state index contributed by atoms with van der Waals surface area (Å²) in [7, 11) is 0. The van der Waals surface area contributed by atoms with Crippen LogP contribution in [0.15, 0.2) is 0 Å². The molecule has 0 atom stereocenters. The smallest absolute Gasteiger partial charge is 0.409 e. The molecule has 2 rings (SSSR count). The average molecular weight is 340 g/mol. The van der Waals surface area contributed by atoms with Gasteiger partial charge in [0.15, 0.2) is 0 Å². The summed E-state index contributed by atoms with van der Waals surface area (Å²) in [5.74, 6) is -1.18. The fourth-order valence-corrected chi connectivity index (χ4v) is 2.84. The zero-order chi connectivity index (χ0) is 17.5. The second kappa shape index (κ2) is 8.51. The van der Waals surface area contributed by atoms with Gasteiger partial charge in [0.1, 0.15) is 0 Å². The number of carbonyl (C=O) groups is 4. The van der Waals surface area contributed by atoms with E-state index in [9.17, 15) is 19.2 Å². The summed E-state index contributed by atoms with van der Waals surface area (Å²) in [5, 5.41) is 2.74. The fraction of sp³-hybridized carbons (Fsp3) is 0.733. The van der Waals surface area contributed by atoms with E-state index in [0.29, 0.717) is 58.7 Å². The molecule has 9 heteroatoms. The van der Waals surface area contributed by atoms with Gasteiger partial charge in [-0.15, -0.1) is 0 Å². The second-order valence-electron chi connectivity index (χ2n) is 5.87. The summed E-state index contributed by atoms with van der Waals surface area (Å²) < 4.78 is 4.94. The number of likely N-dealkylation sites (tertiary alicyclic amines) is 1. The zero-order valence-corrected chi connectivity index (χ0v) is 13.9. The molecule has 0 aromatic heterocycles. The quantitative estimate of drug-likeness (QED) is 0.526. The highest BCUT2D eigenvalue weighted by Gasteiger charge is 2.29. The van der Waals surface area contributed by atoms with Gasteiger partial charge >= 0.3 is 17.9 Å². The lowest BCUT2D eigenvalue weighted by molar-refractivity contribution is -0.148. The SMILES string of the molecule is CCOC(=O)N1CCC(NC(=O)C(=O)N2CCN(C=O)CC2)CC1. The van der Waals surface area contributed by atoms with E-state index in [1.54, 1.807) is 16.7 Å². The molecule has 2 aliphatic heterocycles. The van der Waals surface area contributed by atoms with Crippen LogP contribution in [0.2, 0.25) is 0 Å². The van der Waals surface area contributed by atoms with E-state index in [0.717, 1.165) is 6.41 Å². The Morgan fingerprint density at radius 1 is 1.04 bits per heavy atom. The molecule has 2 aliphatic rings. The standard InChI is InChI=1S/C15H24N4O5/c1-2-24-15(23)19-5-3-12(4-6-19)16-13(21)14(22)18-9-7-17(11-20)8-10-18/h11-12H,2-10H2,1H3,(H,16,21). The van der Waals surface area contributed by atoms with Gasteiger partial charge in [0.05, 0.1) is 6.61 Å². The fourth-order valence-electron chi connectivity index (χ4n) is 2.84. The van der Waals surface area contributed by atoms with Crippen molar-refractivity contribution in [2.75, 3.05) is 45.9 Å². The maximum atomic E-state index is 12.1. The Bertz CT molecular complexity index is 482. The van der Waals surface area contributed by atoms with E-state index >= 15 is 0 Å². The van der Waals surface area contributed by atoms with Crippen LogP contribution >= 0.6 is 0 Å². The van der Waals surface area contributed by atoms with Crippen LogP contribution in [0.3, 0.4) is 0 Å². The largest absolute Gasteiger partial charge is 0.450 e. The Kier molecular flexibility index (Phi) is 6.39. The zero-order valence-electron chi connectivity index (χ0n) is 13.9. The van der Waals surface area contributed by atoms with Crippen LogP contribution in [0.4, 0.5) is 4.79 Å². The van der Waals surface area contributed by atoms with Gasteiger partial charge in [-0.25, -0.2) is 4.79 Å². The second-order valence-corrected chi connectivity index (χ2v) is 5.87. The molecule has 0 radical (unpaired) electrons. The molecule has 0 aromatic carbocycles. The van der Waals surface area contributed by atoms with Crippen LogP contribution < -0.4 is 5.32 Å². The molecule has 134 valence electrons. The molecule has 0 saturated carbocycles. The van der Waals surface area contributed by atoms with Crippen molar-refractivity contribution in [3.63, 3.8) is 0 Å². The Balaban J connectivity index is 1.74. The molecule has 9 nitrogen and oxygen atoms in total. The maximum Gasteiger partial charge on any atom is 0.409 e. The first-order valence-electron chi connectivity index (χ1n) is 8.26. The molecule has 1 N–H and O–H groups in total. The van der Waals surface area contributed by atoms with E-state index < -0.39 is 11.8 Å². The first kappa shape index (κ1) is 18.0. The summed E-state index contributed by atoms with van der Waals surface area (Å²) in [5.41, 5.74) is 0. The monoisotopic (exact) mass is 340 g/mol. The molecule has 0 aromatic rings. The number of piperidine rings is 1. The van der Waals surface area contributed by atoms with Gasteiger partial charge in [-0.1, -0.05) is 0 Å². The Labute approximate surface area is 140 Å². The molecule has 0 bridgehead atoms. The van der Waals surface area contributed by atoms with Crippen molar-refractivity contribution in [2.24, 2.45) is 0 Å². The summed E-state index contributed by atoms with van der Waals surface area (Å²) in [4.78, 5) is 51.2. The predicted molar refractivity (Wildman–Crippen MR) is 84.0 cm³/mol. The molecule has 0 aliphatic carbocycles. The first-order chi connectivity index (χ1) is 11.5. The highest BCUT2D eigenvalue weighted by molar-refractivity contribution is 6.35. The number of carbonyl (C=O) groups excluding carboxylic acids is 4. The third-order valence-corrected chi connectivity index (χ3v) is 4.30. The molecular weight excluding hydrogens is 316 g/mol. The van der Waals surface area contributed by atoms with Crippen LogP contribution in [-0.4, -0.2) is 90.9 Å². The molecule has 0 spiro atoms. The molecule has 2 fully saturated rings. The number of hydrogen-bond donors (Lipinski definition) is 1. The van der Waals surface area contributed by atoms with Gasteiger partial charge in [0.2, 0.25) is 6.41 Å². The number of ether oxygens (including phenoxy) is 1. The minimum Gasteiger partial charge on any atom is -0.450 e. The molecule has 0 unspecified atom stereocenters. The van der Waals surface area contributed by atoms with Gasteiger partial charge in [0, 0.05) is 45.3 Å². The van der Waals surface area contributed by atoms with E-state index in [-0.39, 0.29) is 12.1 Å². The number of rotatable bonds is 3. The van der Waals surface area contributed by atoms with Crippen molar-refractivity contribution in [3.05, 3.63) is 0 Å². The summed E-state index contributed by atoms with van der Waals surface area (Å²) >= 11 is 0. The molecule has 2 saturated heterocycles. The van der Waals surface area contributed by atoms with Gasteiger partial charge in [-0.2, -0.15) is 0 Å². The highest BCUT2D eigenvalue weighted by atomic mass is 16.6. The minimum atomic E-state index is -0.621. The van der Waals surface area contributed by atoms with E-state index in [1.165, 1.54) is 4.90 Å². The number of hydrogen-bond acceptors (Lipinski definition) is 5. The third-order valence-electron chi connectivity index (χ3n) is 4.30. The van der Waals surface area contributed by atoms with Crippen molar-refractivity contribution < 1.29 is 23.9 Å². The number of nitrogens with one attached hydrogen (secondary N) is 1. The minimum absolute atomic E-state index is 0.122. The summed E-state index contributed by atoms with van der Waals surface area (Å²) in [6, 6.07) is -0.122. The van der Waals surface area contributed by atoms with Crippen molar-refractivity contribution in [1.29, 1.82) is 0 Å². The Morgan fingerprint density at radius 3 is 2.21 bits per heavy atom. The Hall–Kier alpha value is -2.32. The van der Waals surface area contributed by atoms with Gasteiger partial charge in [0.25, 0.3) is 0 Å². The maximum absolute atomic E-state index is 12.1. The van der Waals surface area contributed by atoms with Crippen LogP contribution in [-0.2, 0) is 19.1 Å². The third kappa shape index (κ3) is 4.59. The lowest BCUT2D eigenvalue weighted by Gasteiger charge is -2.34. The number of nitrogens with zero attached hydrogens (tertiary/aromatic N) is 3. The molecule has 4 amide bonds. The van der Waals surface area contributed by atoms with Gasteiger partial charge < -0.3 is 24.8 Å². The Morgan fingerprint density at radius 2 is 1.67 bits per heavy atom. The predicted octanol–water partition coefficient (Wildman–Crippen LogP) is -0.976. The molecule has 2 heterocycles. The topological polar surface area (TPSA) is 99.3 Å². The van der Waals surface area contributed by atoms with E-state index in [1.807, 2.05) is 0 Å². The van der Waals surface area contributed by atoms with E-state index in [4.69, 9.17) is 4.74 Å². The van der Waals surface area contributed by atoms with Crippen molar-refractivity contribution >= 4 is 24.3 Å². The average Bonchev–Trinajstić information content (AvgIpc) is 2.62. The highest BCUT2D eigenvalue weighted by Crippen LogP contribution is 2.12. The lowest BCUT2D eigenvalue weighted by Crippen LogP contribution is -2.54. The van der Waals surface area contributed by atoms with Crippen molar-refractivity contribution in [3.8, 4) is 0 Å².